The van der Waals surface area contributed by atoms with Crippen LogP contribution in [0.5, 0.6) is 0 Å². The fraction of sp³-hybridized carbons (Fsp3) is 0.0909. The number of hydrogen-bond acceptors (Lipinski definition) is 4. The van der Waals surface area contributed by atoms with Gasteiger partial charge in [-0.1, -0.05) is 12.1 Å². The van der Waals surface area contributed by atoms with E-state index in [-0.39, 0.29) is 5.69 Å². The van der Waals surface area contributed by atoms with Crippen LogP contribution in [0.2, 0.25) is 0 Å². The molecule has 0 saturated heterocycles. The zero-order chi connectivity index (χ0) is 13.6. The first-order chi connectivity index (χ1) is 8.43. The molecule has 0 saturated carbocycles. The Bertz CT molecular complexity index is 614. The fourth-order valence-electron chi connectivity index (χ4n) is 1.17. The minimum Gasteiger partial charge on any atom is -0.478 e. The van der Waals surface area contributed by atoms with Gasteiger partial charge in [0.15, 0.2) is 5.75 Å². The van der Waals surface area contributed by atoms with Crippen LogP contribution in [-0.4, -0.2) is 25.2 Å². The zero-order valence-corrected chi connectivity index (χ0v) is 10.0. The number of nitrogens with one attached hydrogen (secondary N) is 1. The van der Waals surface area contributed by atoms with Crippen molar-refractivity contribution in [3.8, 4) is 6.07 Å². The standard InChI is InChI=1S/C11H10N2O4S/c12-6-7-18(16,17)13-10-3-1-2-9(8-10)4-5-11(14)15/h1-5,8,13H,7H2,(H,14,15)/b5-4+. The van der Waals surface area contributed by atoms with Crippen LogP contribution in [0.15, 0.2) is 30.3 Å². The summed E-state index contributed by atoms with van der Waals surface area (Å²) in [5.41, 5.74) is 0.812. The van der Waals surface area contributed by atoms with Crippen molar-refractivity contribution in [2.75, 3.05) is 10.5 Å². The molecular formula is C11H10N2O4S. The number of anilines is 1. The Morgan fingerprint density at radius 1 is 1.50 bits per heavy atom. The van der Waals surface area contributed by atoms with Crippen molar-refractivity contribution in [2.45, 2.75) is 0 Å². The SMILES string of the molecule is N#CCS(=O)(=O)Nc1cccc(/C=C/C(=O)O)c1. The average molecular weight is 266 g/mol. The molecule has 0 amide bonds. The van der Waals surface area contributed by atoms with Gasteiger partial charge < -0.3 is 5.11 Å². The van der Waals surface area contributed by atoms with E-state index < -0.39 is 21.7 Å². The number of aliphatic carboxylic acids is 1. The summed E-state index contributed by atoms with van der Waals surface area (Å²) in [5.74, 6) is -1.73. The van der Waals surface area contributed by atoms with E-state index in [0.717, 1.165) is 6.08 Å². The number of carboxylic acid groups (broad SMARTS) is 1. The summed E-state index contributed by atoms with van der Waals surface area (Å²) in [7, 11) is -3.68. The molecule has 0 aliphatic rings. The molecule has 0 fully saturated rings. The van der Waals surface area contributed by atoms with Crippen LogP contribution in [-0.2, 0) is 14.8 Å². The van der Waals surface area contributed by atoms with E-state index in [1.54, 1.807) is 18.2 Å². The third-order valence-corrected chi connectivity index (χ3v) is 2.89. The minimum atomic E-state index is -3.68. The smallest absolute Gasteiger partial charge is 0.328 e. The molecule has 0 unspecified atom stereocenters. The van der Waals surface area contributed by atoms with Crippen LogP contribution < -0.4 is 4.72 Å². The van der Waals surface area contributed by atoms with Gasteiger partial charge >= 0.3 is 5.97 Å². The maximum absolute atomic E-state index is 11.3. The van der Waals surface area contributed by atoms with E-state index in [0.29, 0.717) is 5.56 Å². The first-order valence-electron chi connectivity index (χ1n) is 4.81. The highest BCUT2D eigenvalue weighted by Crippen LogP contribution is 2.13. The Kier molecular flexibility index (Phi) is 4.45. The van der Waals surface area contributed by atoms with Gasteiger partial charge in [-0.25, -0.2) is 13.2 Å². The van der Waals surface area contributed by atoms with Crippen LogP contribution in [0.1, 0.15) is 5.56 Å². The maximum Gasteiger partial charge on any atom is 0.328 e. The van der Waals surface area contributed by atoms with Gasteiger partial charge in [-0.15, -0.1) is 0 Å². The Labute approximate surface area is 104 Å². The molecule has 0 spiro atoms. The predicted molar refractivity (Wildman–Crippen MR) is 66.1 cm³/mol. The second kappa shape index (κ2) is 5.84. The molecule has 0 atom stereocenters. The highest BCUT2D eigenvalue weighted by molar-refractivity contribution is 7.92. The van der Waals surface area contributed by atoms with Gasteiger partial charge in [-0.2, -0.15) is 5.26 Å². The second-order valence-corrected chi connectivity index (χ2v) is 5.04. The monoisotopic (exact) mass is 266 g/mol. The summed E-state index contributed by atoms with van der Waals surface area (Å²) in [5, 5.41) is 16.8. The molecule has 2 N–H and O–H groups in total. The molecule has 18 heavy (non-hydrogen) atoms. The van der Waals surface area contributed by atoms with Gasteiger partial charge in [0.1, 0.15) is 0 Å². The minimum absolute atomic E-state index is 0.276. The number of carboxylic acids is 1. The van der Waals surface area contributed by atoms with Crippen molar-refractivity contribution >= 4 is 27.8 Å². The van der Waals surface area contributed by atoms with Crippen molar-refractivity contribution < 1.29 is 18.3 Å². The fourth-order valence-corrected chi connectivity index (χ4v) is 1.90. The van der Waals surface area contributed by atoms with E-state index in [2.05, 4.69) is 4.72 Å². The van der Waals surface area contributed by atoms with Crippen LogP contribution in [0, 0.1) is 11.3 Å². The van der Waals surface area contributed by atoms with Gasteiger partial charge in [-0.05, 0) is 23.8 Å². The number of hydrogen-bond donors (Lipinski definition) is 2. The molecule has 0 radical (unpaired) electrons. The Hall–Kier alpha value is -2.33. The van der Waals surface area contributed by atoms with Gasteiger partial charge in [-0.3, -0.25) is 4.72 Å². The number of benzene rings is 1. The van der Waals surface area contributed by atoms with Gasteiger partial charge in [0.2, 0.25) is 10.0 Å². The zero-order valence-electron chi connectivity index (χ0n) is 9.20. The molecule has 7 heteroatoms. The molecular weight excluding hydrogens is 256 g/mol. The van der Waals surface area contributed by atoms with E-state index >= 15 is 0 Å². The summed E-state index contributed by atoms with van der Waals surface area (Å²) in [6, 6.07) is 7.72. The van der Waals surface area contributed by atoms with Crippen LogP contribution >= 0.6 is 0 Å². The highest BCUT2D eigenvalue weighted by Gasteiger charge is 2.09. The molecule has 0 aliphatic carbocycles. The third-order valence-electron chi connectivity index (χ3n) is 1.83. The largest absolute Gasteiger partial charge is 0.478 e. The van der Waals surface area contributed by atoms with Gasteiger partial charge in [0, 0.05) is 11.8 Å². The van der Waals surface area contributed by atoms with Gasteiger partial charge in [0.25, 0.3) is 0 Å². The lowest BCUT2D eigenvalue weighted by atomic mass is 10.2. The van der Waals surface area contributed by atoms with E-state index in [1.165, 1.54) is 18.2 Å². The molecule has 94 valence electrons. The third kappa shape index (κ3) is 4.67. The summed E-state index contributed by atoms with van der Waals surface area (Å²) >= 11 is 0. The van der Waals surface area contributed by atoms with Crippen molar-refractivity contribution in [3.63, 3.8) is 0 Å². The van der Waals surface area contributed by atoms with E-state index in [9.17, 15) is 13.2 Å². The van der Waals surface area contributed by atoms with Crippen molar-refractivity contribution in [2.24, 2.45) is 0 Å². The molecule has 1 rings (SSSR count). The van der Waals surface area contributed by atoms with Crippen LogP contribution in [0.25, 0.3) is 6.08 Å². The molecule has 1 aromatic carbocycles. The topological polar surface area (TPSA) is 107 Å². The summed E-state index contributed by atoms with van der Waals surface area (Å²) in [6.07, 6.45) is 2.29. The Balaban J connectivity index is 2.90. The van der Waals surface area contributed by atoms with Crippen molar-refractivity contribution in [1.82, 2.24) is 0 Å². The van der Waals surface area contributed by atoms with Crippen LogP contribution in [0.3, 0.4) is 0 Å². The Morgan fingerprint density at radius 3 is 2.83 bits per heavy atom. The maximum atomic E-state index is 11.3. The molecule has 0 bridgehead atoms. The quantitative estimate of drug-likeness (QED) is 0.774. The van der Waals surface area contributed by atoms with Crippen molar-refractivity contribution in [3.05, 3.63) is 35.9 Å². The molecule has 1 aromatic rings. The van der Waals surface area contributed by atoms with Crippen molar-refractivity contribution in [1.29, 1.82) is 5.26 Å². The van der Waals surface area contributed by atoms with Crippen LogP contribution in [0.4, 0.5) is 5.69 Å². The number of nitriles is 1. The average Bonchev–Trinajstić information content (AvgIpc) is 2.26. The lowest BCUT2D eigenvalue weighted by molar-refractivity contribution is -0.131. The number of carbonyl (C=O) groups is 1. The molecule has 0 aliphatic heterocycles. The second-order valence-electron chi connectivity index (χ2n) is 3.32. The summed E-state index contributed by atoms with van der Waals surface area (Å²) in [4.78, 5) is 10.3. The normalized spacial score (nSPS) is 11.1. The van der Waals surface area contributed by atoms with E-state index in [4.69, 9.17) is 10.4 Å². The summed E-state index contributed by atoms with van der Waals surface area (Å²) in [6.45, 7) is 0. The van der Waals surface area contributed by atoms with E-state index in [1.807, 2.05) is 0 Å². The molecule has 0 aromatic heterocycles. The lowest BCUT2D eigenvalue weighted by Crippen LogP contribution is -2.15. The first-order valence-corrected chi connectivity index (χ1v) is 6.47. The number of rotatable bonds is 5. The Morgan fingerprint density at radius 2 is 2.22 bits per heavy atom. The number of nitrogens with zero attached hydrogens (tertiary/aromatic N) is 1. The van der Waals surface area contributed by atoms with Gasteiger partial charge in [0.05, 0.1) is 6.07 Å². The highest BCUT2D eigenvalue weighted by atomic mass is 32.2. The molecule has 6 nitrogen and oxygen atoms in total. The molecule has 0 heterocycles. The summed E-state index contributed by atoms with van der Waals surface area (Å²) < 4.78 is 24.9. The predicted octanol–water partition coefficient (Wildman–Crippen LogP) is 1.05. The number of sulfonamides is 1. The lowest BCUT2D eigenvalue weighted by Gasteiger charge is -2.05. The first kappa shape index (κ1) is 13.7.